The maximum absolute atomic E-state index is 13.7. The normalized spacial score (nSPS) is 17.5. The van der Waals surface area contributed by atoms with Gasteiger partial charge in [0.05, 0.1) is 5.56 Å². The van der Waals surface area contributed by atoms with Gasteiger partial charge in [0.15, 0.2) is 0 Å². The van der Waals surface area contributed by atoms with Crippen LogP contribution in [0, 0.1) is 6.92 Å². The van der Waals surface area contributed by atoms with Crippen LogP contribution < -0.4 is 0 Å². The molecule has 5 rings (SSSR count). The molecule has 0 aliphatic carbocycles. The second-order valence-electron chi connectivity index (χ2n) is 12.8. The first kappa shape index (κ1) is 30.9. The Hall–Kier alpha value is -3.53. The van der Waals surface area contributed by atoms with E-state index in [9.17, 15) is 22.8 Å². The molecule has 0 spiro atoms. The number of aromatic nitrogens is 1. The van der Waals surface area contributed by atoms with Gasteiger partial charge in [0.2, 0.25) is 0 Å². The van der Waals surface area contributed by atoms with Crippen LogP contribution in [0.25, 0.3) is 10.9 Å². The Labute approximate surface area is 251 Å². The maximum Gasteiger partial charge on any atom is 0.416 e. The molecule has 10 heteroatoms. The molecule has 0 atom stereocenters. The van der Waals surface area contributed by atoms with E-state index in [0.29, 0.717) is 57.4 Å². The first-order valence-corrected chi connectivity index (χ1v) is 15.0. The minimum Gasteiger partial charge on any atom is -0.444 e. The predicted octanol–water partition coefficient (Wildman–Crippen LogP) is 6.58. The van der Waals surface area contributed by atoms with Gasteiger partial charge in [-0.05, 0) is 87.4 Å². The highest BCUT2D eigenvalue weighted by atomic mass is 19.4. The molecule has 43 heavy (non-hydrogen) atoms. The van der Waals surface area contributed by atoms with Gasteiger partial charge in [-0.25, -0.2) is 4.79 Å². The molecule has 1 aromatic heterocycles. The second-order valence-corrected chi connectivity index (χ2v) is 12.8. The van der Waals surface area contributed by atoms with E-state index in [4.69, 9.17) is 4.74 Å². The van der Waals surface area contributed by atoms with Crippen LogP contribution in [0.5, 0.6) is 0 Å². The van der Waals surface area contributed by atoms with Crippen molar-refractivity contribution in [3.05, 3.63) is 70.4 Å². The molecular weight excluding hydrogens is 557 g/mol. The zero-order chi connectivity index (χ0) is 31.1. The van der Waals surface area contributed by atoms with Gasteiger partial charge in [0.1, 0.15) is 11.3 Å². The molecule has 0 N–H and O–H groups in total. The summed E-state index contributed by atoms with van der Waals surface area (Å²) < 4.78 is 46.2. The molecular formula is C33H41F3N4O3. The smallest absolute Gasteiger partial charge is 0.416 e. The zero-order valence-electron chi connectivity index (χ0n) is 25.6. The Balaban J connectivity index is 1.22. The Kier molecular flexibility index (Phi) is 8.53. The van der Waals surface area contributed by atoms with Crippen molar-refractivity contribution in [3.63, 3.8) is 0 Å². The van der Waals surface area contributed by atoms with Gasteiger partial charge in [-0.15, -0.1) is 0 Å². The van der Waals surface area contributed by atoms with Crippen molar-refractivity contribution in [1.82, 2.24) is 19.3 Å². The van der Waals surface area contributed by atoms with Gasteiger partial charge in [0.25, 0.3) is 5.91 Å². The van der Waals surface area contributed by atoms with Gasteiger partial charge in [-0.1, -0.05) is 18.2 Å². The van der Waals surface area contributed by atoms with Crippen LogP contribution in [0.15, 0.2) is 42.5 Å². The number of nitrogens with zero attached hydrogens (tertiary/aromatic N) is 4. The monoisotopic (exact) mass is 598 g/mol. The van der Waals surface area contributed by atoms with E-state index in [1.165, 1.54) is 17.7 Å². The minimum atomic E-state index is -4.34. The number of carbonyl (C=O) groups excluding carboxylic acids is 2. The second kappa shape index (κ2) is 11.9. The van der Waals surface area contributed by atoms with Crippen molar-refractivity contribution in [2.24, 2.45) is 7.05 Å². The van der Waals surface area contributed by atoms with Gasteiger partial charge >= 0.3 is 12.3 Å². The molecule has 0 saturated carbocycles. The Morgan fingerprint density at radius 2 is 1.51 bits per heavy atom. The molecule has 2 aliphatic heterocycles. The Bertz CT molecular complexity index is 1470. The Morgan fingerprint density at radius 1 is 0.884 bits per heavy atom. The van der Waals surface area contributed by atoms with E-state index in [-0.39, 0.29) is 12.0 Å². The van der Waals surface area contributed by atoms with E-state index in [1.807, 2.05) is 44.2 Å². The van der Waals surface area contributed by atoms with Crippen molar-refractivity contribution >= 4 is 22.9 Å². The lowest BCUT2D eigenvalue weighted by molar-refractivity contribution is -0.137. The molecule has 3 aromatic rings. The fourth-order valence-electron chi connectivity index (χ4n) is 6.24. The average Bonchev–Trinajstić information content (AvgIpc) is 3.21. The lowest BCUT2D eigenvalue weighted by atomic mass is 9.88. The molecule has 7 nitrogen and oxygen atoms in total. The zero-order valence-corrected chi connectivity index (χ0v) is 25.6. The first-order valence-electron chi connectivity index (χ1n) is 15.0. The Morgan fingerprint density at radius 3 is 2.09 bits per heavy atom. The van der Waals surface area contributed by atoms with Crippen LogP contribution in [0.1, 0.15) is 72.3 Å². The summed E-state index contributed by atoms with van der Waals surface area (Å²) in [7, 11) is 1.93. The third kappa shape index (κ3) is 6.84. The van der Waals surface area contributed by atoms with Crippen LogP contribution in [0.3, 0.4) is 0 Å². The molecule has 2 aromatic carbocycles. The maximum atomic E-state index is 13.7. The molecule has 2 amide bonds. The summed E-state index contributed by atoms with van der Waals surface area (Å²) in [6, 6.07) is 11.7. The number of alkyl halides is 3. The average molecular weight is 599 g/mol. The van der Waals surface area contributed by atoms with Crippen molar-refractivity contribution in [2.45, 2.75) is 64.8 Å². The minimum absolute atomic E-state index is 0.00222. The fraction of sp³-hybridized carbons (Fsp3) is 0.515. The molecule has 0 unspecified atom stereocenters. The van der Waals surface area contributed by atoms with E-state index in [0.717, 1.165) is 47.0 Å². The highest BCUT2D eigenvalue weighted by molar-refractivity contribution is 6.01. The van der Waals surface area contributed by atoms with Crippen LogP contribution in [-0.4, -0.2) is 76.1 Å². The highest BCUT2D eigenvalue weighted by Gasteiger charge is 2.31. The number of rotatable bonds is 4. The number of hydrogen-bond donors (Lipinski definition) is 0. The molecule has 0 radical (unpaired) electrons. The van der Waals surface area contributed by atoms with E-state index in [1.54, 1.807) is 4.90 Å². The number of ether oxygens (including phenoxy) is 1. The number of amides is 2. The van der Waals surface area contributed by atoms with Gasteiger partial charge in [-0.3, -0.25) is 9.69 Å². The molecule has 3 heterocycles. The fourth-order valence-corrected chi connectivity index (χ4v) is 6.24. The number of carbonyl (C=O) groups is 2. The summed E-state index contributed by atoms with van der Waals surface area (Å²) in [4.78, 5) is 32.0. The lowest BCUT2D eigenvalue weighted by Gasteiger charge is -2.35. The number of halogens is 3. The first-order chi connectivity index (χ1) is 20.2. The standard InChI is InChI=1S/C33H41F3N4O3/c1-22-27-20-25(24-12-14-40(15-13-24)31(42)43-32(2,3)4)8-11-28(27)37(5)29(22)30(41)39-18-16-38(17-19-39)21-23-6-9-26(10-7-23)33(34,35)36/h6-11,20,24H,12-19,21H2,1-5H3. The summed E-state index contributed by atoms with van der Waals surface area (Å²) in [5.41, 5.74) is 3.54. The van der Waals surface area contributed by atoms with Crippen LogP contribution in [0.2, 0.25) is 0 Å². The molecule has 2 fully saturated rings. The summed E-state index contributed by atoms with van der Waals surface area (Å²) in [6.45, 7) is 11.9. The molecule has 2 aliphatic rings. The number of piperidine rings is 1. The number of fused-ring (bicyclic) bond motifs is 1. The van der Waals surface area contributed by atoms with E-state index >= 15 is 0 Å². The van der Waals surface area contributed by atoms with E-state index < -0.39 is 17.3 Å². The summed E-state index contributed by atoms with van der Waals surface area (Å²) in [6.07, 6.45) is -2.88. The van der Waals surface area contributed by atoms with Crippen molar-refractivity contribution < 1.29 is 27.5 Å². The predicted molar refractivity (Wildman–Crippen MR) is 160 cm³/mol. The summed E-state index contributed by atoms with van der Waals surface area (Å²) in [5, 5.41) is 1.07. The van der Waals surface area contributed by atoms with Crippen LogP contribution >= 0.6 is 0 Å². The van der Waals surface area contributed by atoms with Crippen LogP contribution in [-0.2, 0) is 24.5 Å². The number of aryl methyl sites for hydroxylation is 2. The number of piperazine rings is 1. The quantitative estimate of drug-likeness (QED) is 0.341. The summed E-state index contributed by atoms with van der Waals surface area (Å²) in [5.74, 6) is 0.331. The van der Waals surface area contributed by atoms with Crippen molar-refractivity contribution in [3.8, 4) is 0 Å². The summed E-state index contributed by atoms with van der Waals surface area (Å²) >= 11 is 0. The molecule has 0 bridgehead atoms. The van der Waals surface area contributed by atoms with Gasteiger partial charge in [0, 0.05) is 63.8 Å². The van der Waals surface area contributed by atoms with Crippen molar-refractivity contribution in [2.75, 3.05) is 39.3 Å². The number of hydrogen-bond acceptors (Lipinski definition) is 4. The van der Waals surface area contributed by atoms with Crippen LogP contribution in [0.4, 0.5) is 18.0 Å². The van der Waals surface area contributed by atoms with Gasteiger partial charge < -0.3 is 19.1 Å². The molecule has 2 saturated heterocycles. The van der Waals surface area contributed by atoms with Gasteiger partial charge in [-0.2, -0.15) is 13.2 Å². The molecule has 232 valence electrons. The largest absolute Gasteiger partial charge is 0.444 e. The third-order valence-corrected chi connectivity index (χ3v) is 8.64. The topological polar surface area (TPSA) is 58.0 Å². The van der Waals surface area contributed by atoms with E-state index in [2.05, 4.69) is 23.1 Å². The SMILES string of the molecule is Cc1c(C(=O)N2CCN(Cc3ccc(C(F)(F)F)cc3)CC2)n(C)c2ccc(C3CCN(C(=O)OC(C)(C)C)CC3)cc12. The van der Waals surface area contributed by atoms with Crippen molar-refractivity contribution in [1.29, 1.82) is 0 Å². The number of benzene rings is 2. The lowest BCUT2D eigenvalue weighted by Crippen LogP contribution is -2.48. The number of likely N-dealkylation sites (tertiary alicyclic amines) is 1. The highest BCUT2D eigenvalue weighted by Crippen LogP contribution is 2.34. The third-order valence-electron chi connectivity index (χ3n) is 8.64.